The van der Waals surface area contributed by atoms with Crippen molar-refractivity contribution >= 4 is 58.4 Å². The van der Waals surface area contributed by atoms with Crippen molar-refractivity contribution in [1.29, 1.82) is 0 Å². The van der Waals surface area contributed by atoms with E-state index in [1.165, 1.54) is 0 Å². The van der Waals surface area contributed by atoms with Gasteiger partial charge in [0.1, 0.15) is 24.2 Å². The largest absolute Gasteiger partial charge is 0.494 e. The van der Waals surface area contributed by atoms with Crippen LogP contribution in [0, 0.1) is 6.92 Å². The topological polar surface area (TPSA) is 155 Å². The number of carbonyl (C=O) groups excluding carboxylic acids is 1. The number of ether oxygens (including phenoxy) is 2. The number of aromatic nitrogens is 4. The van der Waals surface area contributed by atoms with Crippen LogP contribution in [0.1, 0.15) is 49.8 Å². The van der Waals surface area contributed by atoms with Gasteiger partial charge in [-0.15, -0.1) is 0 Å². The first-order chi connectivity index (χ1) is 23.0. The molecule has 4 heterocycles. The summed E-state index contributed by atoms with van der Waals surface area (Å²) in [6.07, 6.45) is 7.40. The smallest absolute Gasteiger partial charge is 0.410 e. The number of aryl methyl sites for hydroxylation is 1. The minimum Gasteiger partial charge on any atom is -0.494 e. The van der Waals surface area contributed by atoms with Crippen molar-refractivity contribution in [3.05, 3.63) is 54.0 Å². The summed E-state index contributed by atoms with van der Waals surface area (Å²) in [4.78, 5) is 34.8. The van der Waals surface area contributed by atoms with Crippen LogP contribution in [0.3, 0.4) is 0 Å². The Morgan fingerprint density at radius 3 is 2.54 bits per heavy atom. The summed E-state index contributed by atoms with van der Waals surface area (Å²) in [6.45, 7) is 9.73. The number of nitrogens with zero attached hydrogens (tertiary/aromatic N) is 6. The maximum atomic E-state index is 13.4. The average molecular weight is 675 g/mol. The number of nitrogens with one attached hydrogen (secondary N) is 2. The third-order valence-corrected chi connectivity index (χ3v) is 10.5. The first-order valence-electron chi connectivity index (χ1n) is 16.3. The minimum atomic E-state index is -2.77. The molecule has 1 unspecified atom stereocenters. The quantitative estimate of drug-likeness (QED) is 0.186. The summed E-state index contributed by atoms with van der Waals surface area (Å²) in [5.74, 6) is 1.42. The highest BCUT2D eigenvalue weighted by Gasteiger charge is 2.31. The van der Waals surface area contributed by atoms with Gasteiger partial charge in [0.15, 0.2) is 0 Å². The van der Waals surface area contributed by atoms with Gasteiger partial charge in [0.2, 0.25) is 5.95 Å². The number of piperidine rings is 1. The molecule has 4 aromatic rings. The van der Waals surface area contributed by atoms with Gasteiger partial charge in [-0.3, -0.25) is 9.97 Å². The highest BCUT2D eigenvalue weighted by atomic mass is 31.2. The fourth-order valence-electron chi connectivity index (χ4n) is 6.47. The number of benzene rings is 2. The Hall–Kier alpha value is -4.48. The standard InChI is InChI=1S/C34H43N8O5P/c1-21-20-37-33(40-32(21)38-26-9-8-25-30(36-13-12-35-25)31(26)48(4,5)45)39-27-18-24(22(2)43)28(19-29(27)46-3)41-15-10-23(11-16-41)42-14-6-7-17-47-34(42)44/h8-9,12-13,18-20,22-23,43H,6-7,10-11,14-17H2,1-5H3,(H2,37,38,39,40). The molecular formula is C34H43N8O5P. The Balaban J connectivity index is 1.25. The molecule has 1 amide bonds. The van der Waals surface area contributed by atoms with Crippen molar-refractivity contribution in [2.75, 3.05) is 62.2 Å². The maximum absolute atomic E-state index is 13.4. The van der Waals surface area contributed by atoms with Crippen LogP contribution in [-0.2, 0) is 9.30 Å². The first-order valence-corrected chi connectivity index (χ1v) is 18.9. The molecular weight excluding hydrogens is 631 g/mol. The second-order valence-electron chi connectivity index (χ2n) is 12.7. The fourth-order valence-corrected chi connectivity index (χ4v) is 7.87. The van der Waals surface area contributed by atoms with Crippen molar-refractivity contribution < 1.29 is 23.9 Å². The molecule has 2 aliphatic heterocycles. The van der Waals surface area contributed by atoms with E-state index in [1.807, 2.05) is 36.1 Å². The minimum absolute atomic E-state index is 0.131. The van der Waals surface area contributed by atoms with Crippen LogP contribution in [0.2, 0.25) is 0 Å². The summed E-state index contributed by atoms with van der Waals surface area (Å²) >= 11 is 0. The number of carbonyl (C=O) groups is 1. The van der Waals surface area contributed by atoms with Crippen molar-refractivity contribution in [2.24, 2.45) is 0 Å². The lowest BCUT2D eigenvalue weighted by Gasteiger charge is -2.39. The molecule has 0 spiro atoms. The Kier molecular flexibility index (Phi) is 9.70. The summed E-state index contributed by atoms with van der Waals surface area (Å²) in [6, 6.07) is 7.62. The van der Waals surface area contributed by atoms with Crippen molar-refractivity contribution in [3.8, 4) is 5.75 Å². The molecule has 254 valence electrons. The van der Waals surface area contributed by atoms with Crippen LogP contribution in [0.5, 0.6) is 5.75 Å². The van der Waals surface area contributed by atoms with Gasteiger partial charge in [0.25, 0.3) is 0 Å². The van der Waals surface area contributed by atoms with Gasteiger partial charge < -0.3 is 39.6 Å². The number of anilines is 5. The number of cyclic esters (lactones) is 1. The van der Waals surface area contributed by atoms with E-state index in [0.717, 1.165) is 62.1 Å². The SMILES string of the molecule is COc1cc(N2CCC(N3CCCCOC3=O)CC2)c(C(C)O)cc1Nc1ncc(C)c(Nc2ccc3nccnc3c2P(C)(C)=O)n1. The molecule has 0 saturated carbocycles. The molecule has 3 N–H and O–H groups in total. The van der Waals surface area contributed by atoms with Gasteiger partial charge in [-0.05, 0) is 71.1 Å². The molecule has 2 aromatic carbocycles. The number of aliphatic hydroxyl groups is 1. The second-order valence-corrected chi connectivity index (χ2v) is 15.9. The lowest BCUT2D eigenvalue weighted by Crippen LogP contribution is -2.47. The summed E-state index contributed by atoms with van der Waals surface area (Å²) in [5, 5.41) is 18.1. The number of rotatable bonds is 9. The van der Waals surface area contributed by atoms with E-state index in [2.05, 4.69) is 30.5 Å². The number of amides is 1. The zero-order valence-electron chi connectivity index (χ0n) is 28.1. The van der Waals surface area contributed by atoms with Gasteiger partial charge in [0.05, 0.1) is 42.0 Å². The third kappa shape index (κ3) is 7.02. The van der Waals surface area contributed by atoms with Crippen LogP contribution in [-0.4, -0.2) is 88.8 Å². The van der Waals surface area contributed by atoms with E-state index in [1.54, 1.807) is 46.0 Å². The summed E-state index contributed by atoms with van der Waals surface area (Å²) < 4.78 is 24.6. The van der Waals surface area contributed by atoms with Crippen LogP contribution in [0.4, 0.5) is 33.6 Å². The van der Waals surface area contributed by atoms with Gasteiger partial charge in [-0.2, -0.15) is 4.98 Å². The van der Waals surface area contributed by atoms with E-state index in [9.17, 15) is 14.5 Å². The molecule has 48 heavy (non-hydrogen) atoms. The third-order valence-electron chi connectivity index (χ3n) is 8.92. The lowest BCUT2D eigenvalue weighted by molar-refractivity contribution is 0.0945. The van der Waals surface area contributed by atoms with E-state index in [-0.39, 0.29) is 12.1 Å². The van der Waals surface area contributed by atoms with E-state index in [0.29, 0.717) is 51.8 Å². The molecule has 0 bridgehead atoms. The number of methoxy groups -OCH3 is 1. The fraction of sp³-hybridized carbons (Fsp3) is 0.441. The highest BCUT2D eigenvalue weighted by molar-refractivity contribution is 7.71. The van der Waals surface area contributed by atoms with Crippen molar-refractivity contribution in [3.63, 3.8) is 0 Å². The molecule has 2 saturated heterocycles. The van der Waals surface area contributed by atoms with Gasteiger partial charge in [-0.1, -0.05) is 0 Å². The predicted octanol–water partition coefficient (Wildman–Crippen LogP) is 5.73. The van der Waals surface area contributed by atoms with E-state index in [4.69, 9.17) is 14.5 Å². The van der Waals surface area contributed by atoms with E-state index < -0.39 is 13.2 Å². The monoisotopic (exact) mass is 674 g/mol. The van der Waals surface area contributed by atoms with Crippen LogP contribution in [0.25, 0.3) is 11.0 Å². The zero-order valence-corrected chi connectivity index (χ0v) is 29.0. The Bertz CT molecular complexity index is 1860. The molecule has 0 aliphatic carbocycles. The Morgan fingerprint density at radius 2 is 1.81 bits per heavy atom. The molecule has 2 aliphatic rings. The number of hydrogen-bond donors (Lipinski definition) is 3. The normalized spacial score (nSPS) is 16.8. The first kappa shape index (κ1) is 33.4. The van der Waals surface area contributed by atoms with Gasteiger partial charge >= 0.3 is 6.09 Å². The van der Waals surface area contributed by atoms with Crippen LogP contribution < -0.4 is 25.6 Å². The summed E-state index contributed by atoms with van der Waals surface area (Å²) in [5.41, 5.74) is 4.90. The number of aliphatic hydroxyl groups excluding tert-OH is 1. The molecule has 2 aromatic heterocycles. The summed E-state index contributed by atoms with van der Waals surface area (Å²) in [7, 11) is -1.17. The molecule has 13 nitrogen and oxygen atoms in total. The lowest BCUT2D eigenvalue weighted by atomic mass is 9.99. The average Bonchev–Trinajstić information content (AvgIpc) is 3.29. The molecule has 14 heteroatoms. The predicted molar refractivity (Wildman–Crippen MR) is 188 cm³/mol. The molecule has 1 atom stereocenters. The molecule has 6 rings (SSSR count). The molecule has 0 radical (unpaired) electrons. The van der Waals surface area contributed by atoms with Crippen molar-refractivity contribution in [2.45, 2.75) is 51.7 Å². The van der Waals surface area contributed by atoms with Crippen LogP contribution >= 0.6 is 7.14 Å². The van der Waals surface area contributed by atoms with Crippen LogP contribution in [0.15, 0.2) is 42.9 Å². The zero-order chi connectivity index (χ0) is 34.0. The highest BCUT2D eigenvalue weighted by Crippen LogP contribution is 2.42. The Labute approximate surface area is 280 Å². The second kappa shape index (κ2) is 13.9. The Morgan fingerprint density at radius 1 is 1.04 bits per heavy atom. The van der Waals surface area contributed by atoms with Gasteiger partial charge in [-0.25, -0.2) is 9.78 Å². The molecule has 2 fully saturated rings. The van der Waals surface area contributed by atoms with Crippen molar-refractivity contribution in [1.82, 2.24) is 24.8 Å². The van der Waals surface area contributed by atoms with E-state index >= 15 is 0 Å². The maximum Gasteiger partial charge on any atom is 0.410 e. The number of hydrogen-bond acceptors (Lipinski definition) is 12. The number of fused-ring (bicyclic) bond motifs is 1. The van der Waals surface area contributed by atoms with Gasteiger partial charge in [0, 0.05) is 67.1 Å².